The van der Waals surface area contributed by atoms with Crippen molar-refractivity contribution in [2.24, 2.45) is 0 Å². The van der Waals surface area contributed by atoms with Gasteiger partial charge in [-0.3, -0.25) is 14.5 Å². The molecule has 0 bridgehead atoms. The number of imide groups is 1. The van der Waals surface area contributed by atoms with E-state index < -0.39 is 0 Å². The number of nitrogens with one attached hydrogen (secondary N) is 1. The van der Waals surface area contributed by atoms with Gasteiger partial charge in [-0.25, -0.2) is 0 Å². The van der Waals surface area contributed by atoms with Gasteiger partial charge < -0.3 is 10.2 Å². The van der Waals surface area contributed by atoms with Gasteiger partial charge in [-0.1, -0.05) is 0 Å². The highest BCUT2D eigenvalue weighted by atomic mass is 16.2. The largest absolute Gasteiger partial charge is 0.306 e. The monoisotopic (exact) mass is 239 g/mol. The standard InChI is InChI=1S/C12H21N3O2/c1-14-7-5-9(6-8-14)13-10-3-4-11(16)15(2)12(10)17/h9-10,13H,3-8H2,1-2H3. The number of amides is 2. The summed E-state index contributed by atoms with van der Waals surface area (Å²) in [5.74, 6) is -0.128. The Bertz CT molecular complexity index is 311. The van der Waals surface area contributed by atoms with Crippen LogP contribution in [-0.4, -0.2) is 60.9 Å². The predicted molar refractivity (Wildman–Crippen MR) is 64.5 cm³/mol. The lowest BCUT2D eigenvalue weighted by Crippen LogP contribution is -2.55. The van der Waals surface area contributed by atoms with Crippen molar-refractivity contribution < 1.29 is 9.59 Å². The molecule has 5 nitrogen and oxygen atoms in total. The van der Waals surface area contributed by atoms with Crippen molar-refractivity contribution in [3.8, 4) is 0 Å². The molecule has 0 spiro atoms. The first-order valence-corrected chi connectivity index (χ1v) is 6.33. The van der Waals surface area contributed by atoms with Crippen molar-refractivity contribution in [2.45, 2.75) is 37.8 Å². The number of likely N-dealkylation sites (N-methyl/N-ethyl adjacent to an activating group) is 1. The van der Waals surface area contributed by atoms with E-state index in [0.29, 0.717) is 18.9 Å². The second-order valence-electron chi connectivity index (χ2n) is 5.13. The van der Waals surface area contributed by atoms with Crippen LogP contribution in [-0.2, 0) is 9.59 Å². The number of hydrogen-bond acceptors (Lipinski definition) is 4. The second-order valence-corrected chi connectivity index (χ2v) is 5.13. The maximum absolute atomic E-state index is 11.9. The molecular weight excluding hydrogens is 218 g/mol. The van der Waals surface area contributed by atoms with Crippen molar-refractivity contribution in [1.82, 2.24) is 15.1 Å². The van der Waals surface area contributed by atoms with Gasteiger partial charge in [-0.2, -0.15) is 0 Å². The molecule has 1 unspecified atom stereocenters. The average molecular weight is 239 g/mol. The maximum atomic E-state index is 11.9. The summed E-state index contributed by atoms with van der Waals surface area (Å²) >= 11 is 0. The third-order valence-corrected chi connectivity index (χ3v) is 3.81. The number of carbonyl (C=O) groups excluding carboxylic acids is 2. The fourth-order valence-corrected chi connectivity index (χ4v) is 2.53. The lowest BCUT2D eigenvalue weighted by atomic mass is 10.00. The molecule has 2 saturated heterocycles. The third kappa shape index (κ3) is 2.84. The summed E-state index contributed by atoms with van der Waals surface area (Å²) in [5, 5.41) is 3.41. The Morgan fingerprint density at radius 2 is 1.76 bits per heavy atom. The molecule has 2 aliphatic heterocycles. The van der Waals surface area contributed by atoms with Crippen LogP contribution in [0, 0.1) is 0 Å². The molecule has 2 aliphatic rings. The van der Waals surface area contributed by atoms with E-state index in [9.17, 15) is 9.59 Å². The Kier molecular flexibility index (Phi) is 3.79. The summed E-state index contributed by atoms with van der Waals surface area (Å²) in [6.45, 7) is 2.15. The van der Waals surface area contributed by atoms with Crippen molar-refractivity contribution in [3.63, 3.8) is 0 Å². The normalized spacial score (nSPS) is 28.8. The molecule has 2 heterocycles. The Labute approximate surface area is 102 Å². The summed E-state index contributed by atoms with van der Waals surface area (Å²) in [4.78, 5) is 26.8. The van der Waals surface area contributed by atoms with Crippen molar-refractivity contribution >= 4 is 11.8 Å². The molecule has 0 aliphatic carbocycles. The molecule has 96 valence electrons. The summed E-state index contributed by atoms with van der Waals surface area (Å²) in [7, 11) is 3.70. The summed E-state index contributed by atoms with van der Waals surface area (Å²) in [6.07, 6.45) is 3.29. The first-order chi connectivity index (χ1) is 8.08. The fraction of sp³-hybridized carbons (Fsp3) is 0.833. The van der Waals surface area contributed by atoms with Gasteiger partial charge in [0.1, 0.15) is 0 Å². The average Bonchev–Trinajstić information content (AvgIpc) is 2.33. The lowest BCUT2D eigenvalue weighted by Gasteiger charge is -2.35. The molecule has 5 heteroatoms. The van der Waals surface area contributed by atoms with Gasteiger partial charge in [-0.05, 0) is 39.4 Å². The quantitative estimate of drug-likeness (QED) is 0.679. The van der Waals surface area contributed by atoms with Gasteiger partial charge in [0.2, 0.25) is 11.8 Å². The van der Waals surface area contributed by atoms with Crippen LogP contribution < -0.4 is 5.32 Å². The van der Waals surface area contributed by atoms with Gasteiger partial charge in [0.25, 0.3) is 0 Å². The van der Waals surface area contributed by atoms with Gasteiger partial charge in [0.05, 0.1) is 6.04 Å². The van der Waals surface area contributed by atoms with E-state index in [1.807, 2.05) is 0 Å². The van der Waals surface area contributed by atoms with Crippen LogP contribution in [0.15, 0.2) is 0 Å². The van der Waals surface area contributed by atoms with Crippen molar-refractivity contribution in [1.29, 1.82) is 0 Å². The van der Waals surface area contributed by atoms with Crippen LogP contribution in [0.1, 0.15) is 25.7 Å². The minimum Gasteiger partial charge on any atom is -0.306 e. The Morgan fingerprint density at radius 1 is 1.12 bits per heavy atom. The molecule has 0 aromatic heterocycles. The Morgan fingerprint density at radius 3 is 2.41 bits per heavy atom. The predicted octanol–water partition coefficient (Wildman–Crippen LogP) is -0.182. The van der Waals surface area contributed by atoms with Gasteiger partial charge >= 0.3 is 0 Å². The Hall–Kier alpha value is -0.940. The van der Waals surface area contributed by atoms with Gasteiger partial charge in [0.15, 0.2) is 0 Å². The number of nitrogens with zero attached hydrogens (tertiary/aromatic N) is 2. The van der Waals surface area contributed by atoms with E-state index >= 15 is 0 Å². The van der Waals surface area contributed by atoms with Crippen molar-refractivity contribution in [3.05, 3.63) is 0 Å². The zero-order valence-electron chi connectivity index (χ0n) is 10.6. The van der Waals surface area contributed by atoms with Gasteiger partial charge in [0, 0.05) is 19.5 Å². The number of carbonyl (C=O) groups is 2. The van der Waals surface area contributed by atoms with Crippen LogP contribution in [0.5, 0.6) is 0 Å². The molecule has 0 aromatic carbocycles. The SMILES string of the molecule is CN1CCC(NC2CCC(=O)N(C)C2=O)CC1. The smallest absolute Gasteiger partial charge is 0.246 e. The summed E-state index contributed by atoms with van der Waals surface area (Å²) in [5.41, 5.74) is 0. The number of piperidine rings is 2. The van der Waals surface area contributed by atoms with Crippen LogP contribution in [0.4, 0.5) is 0 Å². The zero-order valence-corrected chi connectivity index (χ0v) is 10.6. The van der Waals surface area contributed by atoms with E-state index in [1.165, 1.54) is 4.90 Å². The van der Waals surface area contributed by atoms with E-state index in [4.69, 9.17) is 0 Å². The third-order valence-electron chi connectivity index (χ3n) is 3.81. The maximum Gasteiger partial charge on any atom is 0.246 e. The first-order valence-electron chi connectivity index (χ1n) is 6.33. The molecular formula is C12H21N3O2. The number of rotatable bonds is 2. The van der Waals surface area contributed by atoms with E-state index in [-0.39, 0.29) is 17.9 Å². The molecule has 2 fully saturated rings. The van der Waals surface area contributed by atoms with Gasteiger partial charge in [-0.15, -0.1) is 0 Å². The highest BCUT2D eigenvalue weighted by molar-refractivity contribution is 6.00. The topological polar surface area (TPSA) is 52.7 Å². The zero-order chi connectivity index (χ0) is 12.4. The second kappa shape index (κ2) is 5.14. The lowest BCUT2D eigenvalue weighted by molar-refractivity contribution is -0.148. The highest BCUT2D eigenvalue weighted by Gasteiger charge is 2.33. The minimum absolute atomic E-state index is 0.0589. The summed E-state index contributed by atoms with van der Waals surface area (Å²) < 4.78 is 0. The Balaban J connectivity index is 1.87. The van der Waals surface area contributed by atoms with Crippen LogP contribution in [0.3, 0.4) is 0 Å². The van der Waals surface area contributed by atoms with Crippen LogP contribution in [0.2, 0.25) is 0 Å². The van der Waals surface area contributed by atoms with E-state index in [0.717, 1.165) is 25.9 Å². The minimum atomic E-state index is -0.161. The molecule has 0 saturated carbocycles. The summed E-state index contributed by atoms with van der Waals surface area (Å²) in [6, 6.07) is 0.257. The van der Waals surface area contributed by atoms with Crippen molar-refractivity contribution in [2.75, 3.05) is 27.2 Å². The molecule has 1 atom stereocenters. The molecule has 0 aromatic rings. The number of hydrogen-bond donors (Lipinski definition) is 1. The molecule has 2 amide bonds. The van der Waals surface area contributed by atoms with E-state index in [2.05, 4.69) is 17.3 Å². The number of likely N-dealkylation sites (tertiary alicyclic amines) is 2. The fourth-order valence-electron chi connectivity index (χ4n) is 2.53. The van der Waals surface area contributed by atoms with Crippen LogP contribution in [0.25, 0.3) is 0 Å². The van der Waals surface area contributed by atoms with E-state index in [1.54, 1.807) is 7.05 Å². The molecule has 0 radical (unpaired) electrons. The molecule has 2 rings (SSSR count). The first kappa shape index (κ1) is 12.5. The molecule has 1 N–H and O–H groups in total. The highest BCUT2D eigenvalue weighted by Crippen LogP contribution is 2.15. The molecule has 17 heavy (non-hydrogen) atoms. The van der Waals surface area contributed by atoms with Crippen LogP contribution >= 0.6 is 0 Å².